The highest BCUT2D eigenvalue weighted by molar-refractivity contribution is 5.82. The third-order valence-electron chi connectivity index (χ3n) is 3.60. The molecule has 0 radical (unpaired) electrons. The molecule has 1 aliphatic rings. The second kappa shape index (κ2) is 6.08. The average molecular weight is 266 g/mol. The topological polar surface area (TPSA) is 23.6 Å². The van der Waals surface area contributed by atoms with Gasteiger partial charge in [0.25, 0.3) is 0 Å². The minimum absolute atomic E-state index is 0.184. The van der Waals surface area contributed by atoms with E-state index in [-0.39, 0.29) is 10.8 Å². The van der Waals surface area contributed by atoms with Crippen molar-refractivity contribution in [2.45, 2.75) is 41.0 Å². The zero-order chi connectivity index (χ0) is 14.7. The summed E-state index contributed by atoms with van der Waals surface area (Å²) in [6.07, 6.45) is 2.85. The van der Waals surface area contributed by atoms with Gasteiger partial charge in [0.15, 0.2) is 0 Å². The van der Waals surface area contributed by atoms with Crippen molar-refractivity contribution in [3.63, 3.8) is 0 Å². The Bertz CT molecular complexity index is 320. The number of amides is 1. The molecule has 1 saturated heterocycles. The van der Waals surface area contributed by atoms with Crippen LogP contribution in [0.2, 0.25) is 0 Å². The second-order valence-electron chi connectivity index (χ2n) is 7.50. The van der Waals surface area contributed by atoms with Crippen LogP contribution in [0.15, 0.2) is 12.7 Å². The highest BCUT2D eigenvalue weighted by Gasteiger charge is 2.36. The number of hydrogen-bond donors (Lipinski definition) is 0. The molecule has 0 saturated carbocycles. The number of carbonyl (C=O) groups excluding carboxylic acids is 1. The predicted octanol–water partition coefficient (Wildman–Crippen LogP) is 2.78. The number of rotatable bonds is 4. The molecule has 110 valence electrons. The van der Waals surface area contributed by atoms with E-state index in [1.165, 1.54) is 0 Å². The summed E-state index contributed by atoms with van der Waals surface area (Å²) in [5.41, 5.74) is -0.0807. The molecule has 0 aromatic rings. The molecule has 3 heteroatoms. The predicted molar refractivity (Wildman–Crippen MR) is 81.1 cm³/mol. The van der Waals surface area contributed by atoms with E-state index in [1.54, 1.807) is 0 Å². The van der Waals surface area contributed by atoms with Crippen molar-refractivity contribution in [2.24, 2.45) is 10.8 Å². The fourth-order valence-electron chi connectivity index (χ4n) is 3.15. The van der Waals surface area contributed by atoms with E-state index in [0.717, 1.165) is 39.1 Å². The van der Waals surface area contributed by atoms with Crippen molar-refractivity contribution < 1.29 is 4.79 Å². The SMILES string of the molecule is C=CCN1CCN(C(=O)C(C)(C)CC(C)(C)C)CC1. The average Bonchev–Trinajstić information content (AvgIpc) is 2.26. The molecule has 0 aromatic heterocycles. The fourth-order valence-corrected chi connectivity index (χ4v) is 3.15. The molecule has 0 bridgehead atoms. The first-order valence-corrected chi connectivity index (χ1v) is 7.28. The van der Waals surface area contributed by atoms with Crippen LogP contribution in [-0.4, -0.2) is 48.4 Å². The molecule has 1 aliphatic heterocycles. The summed E-state index contributed by atoms with van der Waals surface area (Å²) in [6, 6.07) is 0. The van der Waals surface area contributed by atoms with Crippen LogP contribution in [0.1, 0.15) is 41.0 Å². The van der Waals surface area contributed by atoms with Crippen LogP contribution in [0.5, 0.6) is 0 Å². The highest BCUT2D eigenvalue weighted by atomic mass is 16.2. The normalized spacial score (nSPS) is 18.5. The number of hydrogen-bond acceptors (Lipinski definition) is 2. The van der Waals surface area contributed by atoms with Gasteiger partial charge in [-0.1, -0.05) is 40.7 Å². The Morgan fingerprint density at radius 3 is 2.05 bits per heavy atom. The molecule has 0 aliphatic carbocycles. The van der Waals surface area contributed by atoms with Crippen LogP contribution in [0.3, 0.4) is 0 Å². The number of nitrogens with zero attached hydrogens (tertiary/aromatic N) is 2. The van der Waals surface area contributed by atoms with Crippen molar-refractivity contribution in [2.75, 3.05) is 32.7 Å². The summed E-state index contributed by atoms with van der Waals surface area (Å²) in [5.74, 6) is 0.306. The molecule has 1 amide bonds. The third-order valence-corrected chi connectivity index (χ3v) is 3.60. The Morgan fingerprint density at radius 2 is 1.63 bits per heavy atom. The highest BCUT2D eigenvalue weighted by Crippen LogP contribution is 2.34. The Hall–Kier alpha value is -0.830. The van der Waals surface area contributed by atoms with E-state index >= 15 is 0 Å². The second-order valence-corrected chi connectivity index (χ2v) is 7.50. The Balaban J connectivity index is 2.57. The van der Waals surface area contributed by atoms with Gasteiger partial charge in [0.2, 0.25) is 5.91 Å². The maximum atomic E-state index is 12.6. The first kappa shape index (κ1) is 16.2. The molecule has 0 aromatic carbocycles. The molecular formula is C16H30N2O. The van der Waals surface area contributed by atoms with Crippen LogP contribution in [0.4, 0.5) is 0 Å². The monoisotopic (exact) mass is 266 g/mol. The van der Waals surface area contributed by atoms with Crippen molar-refractivity contribution in [3.05, 3.63) is 12.7 Å². The fraction of sp³-hybridized carbons (Fsp3) is 0.812. The summed E-state index contributed by atoms with van der Waals surface area (Å²) >= 11 is 0. The first-order chi connectivity index (χ1) is 8.65. The third kappa shape index (κ3) is 4.98. The van der Waals surface area contributed by atoms with Crippen LogP contribution in [0, 0.1) is 10.8 Å². The van der Waals surface area contributed by atoms with Crippen LogP contribution in [0.25, 0.3) is 0 Å². The van der Waals surface area contributed by atoms with Crippen molar-refractivity contribution >= 4 is 5.91 Å². The molecule has 0 spiro atoms. The van der Waals surface area contributed by atoms with Crippen LogP contribution in [-0.2, 0) is 4.79 Å². The van der Waals surface area contributed by atoms with E-state index in [2.05, 4.69) is 46.1 Å². The standard InChI is InChI=1S/C16H30N2O/c1-7-8-17-9-11-18(12-10-17)14(19)16(5,6)13-15(2,3)4/h7H,1,8-13H2,2-6H3. The van der Waals surface area contributed by atoms with Gasteiger partial charge in [0.1, 0.15) is 0 Å². The molecule has 0 atom stereocenters. The summed E-state index contributed by atoms with van der Waals surface area (Å²) in [5, 5.41) is 0. The van der Waals surface area contributed by atoms with Gasteiger partial charge in [-0.25, -0.2) is 0 Å². The van der Waals surface area contributed by atoms with Gasteiger partial charge in [-0.3, -0.25) is 9.69 Å². The summed E-state index contributed by atoms with van der Waals surface area (Å²) in [4.78, 5) is 17.0. The minimum Gasteiger partial charge on any atom is -0.340 e. The van der Waals surface area contributed by atoms with Gasteiger partial charge in [0, 0.05) is 38.1 Å². The largest absolute Gasteiger partial charge is 0.340 e. The molecule has 0 unspecified atom stereocenters. The van der Waals surface area contributed by atoms with Gasteiger partial charge in [-0.05, 0) is 11.8 Å². The zero-order valence-electron chi connectivity index (χ0n) is 13.3. The molecule has 3 nitrogen and oxygen atoms in total. The van der Waals surface area contributed by atoms with Gasteiger partial charge in [0.05, 0.1) is 0 Å². The van der Waals surface area contributed by atoms with E-state index in [0.29, 0.717) is 5.91 Å². The van der Waals surface area contributed by atoms with E-state index in [9.17, 15) is 4.79 Å². The Labute approximate surface area is 118 Å². The van der Waals surface area contributed by atoms with E-state index in [1.807, 2.05) is 11.0 Å². The zero-order valence-corrected chi connectivity index (χ0v) is 13.3. The lowest BCUT2D eigenvalue weighted by atomic mass is 9.75. The number of carbonyl (C=O) groups is 1. The molecule has 0 N–H and O–H groups in total. The van der Waals surface area contributed by atoms with Gasteiger partial charge in [-0.2, -0.15) is 0 Å². The van der Waals surface area contributed by atoms with Crippen molar-refractivity contribution in [1.82, 2.24) is 9.80 Å². The summed E-state index contributed by atoms with van der Waals surface area (Å²) in [7, 11) is 0. The molecular weight excluding hydrogens is 236 g/mol. The van der Waals surface area contributed by atoms with Gasteiger partial charge < -0.3 is 4.90 Å². The summed E-state index contributed by atoms with van der Waals surface area (Å²) in [6.45, 7) is 19.1. The lowest BCUT2D eigenvalue weighted by Crippen LogP contribution is -2.52. The smallest absolute Gasteiger partial charge is 0.228 e. The molecule has 1 rings (SSSR count). The first-order valence-electron chi connectivity index (χ1n) is 7.28. The van der Waals surface area contributed by atoms with Crippen molar-refractivity contribution in [1.29, 1.82) is 0 Å². The molecule has 19 heavy (non-hydrogen) atoms. The number of piperazine rings is 1. The molecule has 1 fully saturated rings. The quantitative estimate of drug-likeness (QED) is 0.731. The Morgan fingerprint density at radius 1 is 1.11 bits per heavy atom. The lowest BCUT2D eigenvalue weighted by Gasteiger charge is -2.40. The van der Waals surface area contributed by atoms with Gasteiger partial charge >= 0.3 is 0 Å². The lowest BCUT2D eigenvalue weighted by molar-refractivity contribution is -0.143. The van der Waals surface area contributed by atoms with Crippen molar-refractivity contribution in [3.8, 4) is 0 Å². The van der Waals surface area contributed by atoms with Gasteiger partial charge in [-0.15, -0.1) is 6.58 Å². The van der Waals surface area contributed by atoms with Crippen LogP contribution >= 0.6 is 0 Å². The maximum absolute atomic E-state index is 12.6. The van der Waals surface area contributed by atoms with E-state index < -0.39 is 0 Å². The van der Waals surface area contributed by atoms with E-state index in [4.69, 9.17) is 0 Å². The summed E-state index contributed by atoms with van der Waals surface area (Å²) < 4.78 is 0. The molecule has 1 heterocycles. The maximum Gasteiger partial charge on any atom is 0.228 e. The van der Waals surface area contributed by atoms with Crippen LogP contribution < -0.4 is 0 Å². The minimum atomic E-state index is -0.265. The Kier molecular flexibility index (Phi) is 5.19.